The van der Waals surface area contributed by atoms with Crippen molar-refractivity contribution in [3.05, 3.63) is 16.1 Å². The summed E-state index contributed by atoms with van der Waals surface area (Å²) >= 11 is 1.74. The zero-order chi connectivity index (χ0) is 11.3. The van der Waals surface area contributed by atoms with Crippen LogP contribution in [-0.2, 0) is 6.54 Å². The van der Waals surface area contributed by atoms with Crippen LogP contribution in [0, 0.1) is 12.8 Å². The number of hydrogen-bond donors (Lipinski definition) is 1. The first-order chi connectivity index (χ1) is 7.13. The van der Waals surface area contributed by atoms with Crippen molar-refractivity contribution in [3.8, 4) is 0 Å². The van der Waals surface area contributed by atoms with Gasteiger partial charge in [-0.1, -0.05) is 6.92 Å². The van der Waals surface area contributed by atoms with E-state index in [1.807, 2.05) is 5.51 Å². The van der Waals surface area contributed by atoms with Gasteiger partial charge in [0.05, 0.1) is 11.2 Å². The van der Waals surface area contributed by atoms with Crippen molar-refractivity contribution in [2.24, 2.45) is 11.7 Å². The minimum atomic E-state index is 0.674. The lowest BCUT2D eigenvalue weighted by atomic mass is 10.1. The zero-order valence-electron chi connectivity index (χ0n) is 9.86. The van der Waals surface area contributed by atoms with Crippen LogP contribution in [0.5, 0.6) is 0 Å². The molecular formula is C11H21N3S. The predicted octanol–water partition coefficient (Wildman–Crippen LogP) is 1.87. The van der Waals surface area contributed by atoms with Gasteiger partial charge in [0, 0.05) is 18.0 Å². The summed E-state index contributed by atoms with van der Waals surface area (Å²) in [6.07, 6.45) is 1.10. The molecule has 3 nitrogen and oxygen atoms in total. The molecule has 0 spiro atoms. The van der Waals surface area contributed by atoms with Crippen molar-refractivity contribution in [3.63, 3.8) is 0 Å². The first-order valence-corrected chi connectivity index (χ1v) is 6.29. The van der Waals surface area contributed by atoms with E-state index >= 15 is 0 Å². The smallest absolute Gasteiger partial charge is 0.0798 e. The molecule has 0 saturated heterocycles. The Labute approximate surface area is 96.3 Å². The van der Waals surface area contributed by atoms with Crippen molar-refractivity contribution in [2.75, 3.05) is 20.1 Å². The largest absolute Gasteiger partial charge is 0.330 e. The summed E-state index contributed by atoms with van der Waals surface area (Å²) < 4.78 is 0. The predicted molar refractivity (Wildman–Crippen MR) is 66.0 cm³/mol. The fourth-order valence-corrected chi connectivity index (χ4v) is 2.55. The molecule has 0 fully saturated rings. The molecule has 0 aliphatic rings. The minimum absolute atomic E-state index is 0.674. The van der Waals surface area contributed by atoms with Crippen LogP contribution in [0.1, 0.15) is 23.9 Å². The Hall–Kier alpha value is -0.450. The van der Waals surface area contributed by atoms with E-state index in [1.54, 1.807) is 11.3 Å². The third-order valence-electron chi connectivity index (χ3n) is 2.54. The van der Waals surface area contributed by atoms with Crippen LogP contribution >= 0.6 is 11.3 Å². The minimum Gasteiger partial charge on any atom is -0.330 e. The van der Waals surface area contributed by atoms with E-state index in [9.17, 15) is 0 Å². The number of aryl methyl sites for hydroxylation is 1. The number of aromatic nitrogens is 1. The standard InChI is InChI=1S/C11H21N3S/c1-9(4-5-12)6-14(3)7-11-10(2)13-8-15-11/h8-9H,4-7,12H2,1-3H3. The average Bonchev–Trinajstić information content (AvgIpc) is 2.52. The Morgan fingerprint density at radius 3 is 2.87 bits per heavy atom. The molecule has 0 aromatic carbocycles. The van der Waals surface area contributed by atoms with Crippen LogP contribution in [0.3, 0.4) is 0 Å². The van der Waals surface area contributed by atoms with Crippen LogP contribution in [0.2, 0.25) is 0 Å². The van der Waals surface area contributed by atoms with Gasteiger partial charge < -0.3 is 10.6 Å². The van der Waals surface area contributed by atoms with Crippen LogP contribution in [0.15, 0.2) is 5.51 Å². The fraction of sp³-hybridized carbons (Fsp3) is 0.727. The maximum Gasteiger partial charge on any atom is 0.0798 e. The third-order valence-corrected chi connectivity index (χ3v) is 3.46. The number of nitrogens with two attached hydrogens (primary N) is 1. The van der Waals surface area contributed by atoms with Gasteiger partial charge >= 0.3 is 0 Å². The molecule has 1 atom stereocenters. The normalized spacial score (nSPS) is 13.4. The third kappa shape index (κ3) is 4.28. The molecular weight excluding hydrogens is 206 g/mol. The first kappa shape index (κ1) is 12.6. The number of hydrogen-bond acceptors (Lipinski definition) is 4. The molecule has 15 heavy (non-hydrogen) atoms. The molecule has 1 aromatic heterocycles. The highest BCUT2D eigenvalue weighted by Gasteiger charge is 2.08. The van der Waals surface area contributed by atoms with E-state index in [4.69, 9.17) is 5.73 Å². The summed E-state index contributed by atoms with van der Waals surface area (Å²) in [6, 6.07) is 0. The average molecular weight is 227 g/mol. The molecule has 0 amide bonds. The van der Waals surface area contributed by atoms with Gasteiger partial charge in [-0.3, -0.25) is 0 Å². The number of thiazole rings is 1. The lowest BCUT2D eigenvalue weighted by molar-refractivity contribution is 0.274. The molecule has 0 radical (unpaired) electrons. The Kier molecular flexibility index (Phi) is 5.22. The highest BCUT2D eigenvalue weighted by molar-refractivity contribution is 7.09. The van der Waals surface area contributed by atoms with Gasteiger partial charge in [0.1, 0.15) is 0 Å². The fourth-order valence-electron chi connectivity index (χ4n) is 1.70. The molecule has 1 aromatic rings. The second-order valence-corrected chi connectivity index (χ2v) is 5.18. The van der Waals surface area contributed by atoms with E-state index in [1.165, 1.54) is 10.6 Å². The van der Waals surface area contributed by atoms with E-state index in [0.717, 1.165) is 26.1 Å². The zero-order valence-corrected chi connectivity index (χ0v) is 10.7. The molecule has 1 unspecified atom stereocenters. The van der Waals surface area contributed by atoms with E-state index in [0.29, 0.717) is 5.92 Å². The van der Waals surface area contributed by atoms with E-state index in [-0.39, 0.29) is 0 Å². The van der Waals surface area contributed by atoms with Crippen LogP contribution in [0.4, 0.5) is 0 Å². The Balaban J connectivity index is 2.36. The molecule has 1 rings (SSSR count). The summed E-state index contributed by atoms with van der Waals surface area (Å²) in [7, 11) is 2.16. The van der Waals surface area contributed by atoms with Crippen LogP contribution in [-0.4, -0.2) is 30.0 Å². The van der Waals surface area contributed by atoms with Crippen molar-refractivity contribution in [2.45, 2.75) is 26.8 Å². The van der Waals surface area contributed by atoms with Gasteiger partial charge in [0.2, 0.25) is 0 Å². The van der Waals surface area contributed by atoms with Crippen LogP contribution < -0.4 is 5.73 Å². The molecule has 0 bridgehead atoms. The lowest BCUT2D eigenvalue weighted by Crippen LogP contribution is -2.25. The molecule has 0 saturated carbocycles. The number of nitrogens with zero attached hydrogens (tertiary/aromatic N) is 2. The van der Waals surface area contributed by atoms with Gasteiger partial charge in [0.25, 0.3) is 0 Å². The van der Waals surface area contributed by atoms with E-state index in [2.05, 4.69) is 30.8 Å². The second-order valence-electron chi connectivity index (χ2n) is 4.24. The molecule has 0 aliphatic carbocycles. The summed E-state index contributed by atoms with van der Waals surface area (Å²) in [5, 5.41) is 0. The first-order valence-electron chi connectivity index (χ1n) is 5.41. The molecule has 2 N–H and O–H groups in total. The van der Waals surface area contributed by atoms with Gasteiger partial charge in [-0.2, -0.15) is 0 Å². The lowest BCUT2D eigenvalue weighted by Gasteiger charge is -2.20. The summed E-state index contributed by atoms with van der Waals surface area (Å²) in [6.45, 7) is 7.22. The Morgan fingerprint density at radius 2 is 2.33 bits per heavy atom. The number of rotatable bonds is 6. The van der Waals surface area contributed by atoms with E-state index < -0.39 is 0 Å². The quantitative estimate of drug-likeness (QED) is 0.806. The van der Waals surface area contributed by atoms with Crippen molar-refractivity contribution in [1.29, 1.82) is 0 Å². The maximum atomic E-state index is 5.54. The topological polar surface area (TPSA) is 42.2 Å². The highest BCUT2D eigenvalue weighted by Crippen LogP contribution is 2.15. The Morgan fingerprint density at radius 1 is 1.60 bits per heavy atom. The Bertz CT molecular complexity index is 285. The van der Waals surface area contributed by atoms with Gasteiger partial charge in [-0.25, -0.2) is 4.98 Å². The van der Waals surface area contributed by atoms with Crippen LogP contribution in [0.25, 0.3) is 0 Å². The SMILES string of the molecule is Cc1ncsc1CN(C)CC(C)CCN. The molecule has 1 heterocycles. The van der Waals surface area contributed by atoms with Gasteiger partial charge in [0.15, 0.2) is 0 Å². The monoisotopic (exact) mass is 227 g/mol. The molecule has 86 valence electrons. The van der Waals surface area contributed by atoms with Crippen molar-refractivity contribution < 1.29 is 0 Å². The maximum absolute atomic E-state index is 5.54. The van der Waals surface area contributed by atoms with Crippen molar-refractivity contribution in [1.82, 2.24) is 9.88 Å². The summed E-state index contributed by atoms with van der Waals surface area (Å²) in [5.41, 5.74) is 8.62. The van der Waals surface area contributed by atoms with Gasteiger partial charge in [-0.05, 0) is 32.9 Å². The summed E-state index contributed by atoms with van der Waals surface area (Å²) in [4.78, 5) is 7.98. The van der Waals surface area contributed by atoms with Gasteiger partial charge in [-0.15, -0.1) is 11.3 Å². The van der Waals surface area contributed by atoms with Crippen molar-refractivity contribution >= 4 is 11.3 Å². The summed E-state index contributed by atoms with van der Waals surface area (Å²) in [5.74, 6) is 0.674. The molecule has 0 aliphatic heterocycles. The highest BCUT2D eigenvalue weighted by atomic mass is 32.1. The second kappa shape index (κ2) is 6.20. The molecule has 4 heteroatoms.